The topological polar surface area (TPSA) is 86.5 Å². The third kappa shape index (κ3) is 3.73. The summed E-state index contributed by atoms with van der Waals surface area (Å²) in [7, 11) is 1.28. The van der Waals surface area contributed by atoms with Crippen LogP contribution in [0.15, 0.2) is 48.5 Å². The molecule has 24 heavy (non-hydrogen) atoms. The van der Waals surface area contributed by atoms with Crippen LogP contribution in [-0.2, 0) is 4.74 Å². The summed E-state index contributed by atoms with van der Waals surface area (Å²) in [6, 6.07) is 11.0. The van der Waals surface area contributed by atoms with Crippen molar-refractivity contribution in [1.29, 1.82) is 0 Å². The van der Waals surface area contributed by atoms with Crippen molar-refractivity contribution in [3.63, 3.8) is 0 Å². The van der Waals surface area contributed by atoms with Crippen molar-refractivity contribution in [2.24, 2.45) is 0 Å². The lowest BCUT2D eigenvalue weighted by atomic mass is 10.0. The lowest BCUT2D eigenvalue weighted by molar-refractivity contribution is -0.385. The van der Waals surface area contributed by atoms with Gasteiger partial charge in [-0.25, -0.2) is 4.79 Å². The second-order valence-corrected chi connectivity index (χ2v) is 5.03. The van der Waals surface area contributed by atoms with Crippen LogP contribution in [-0.4, -0.2) is 23.8 Å². The lowest BCUT2D eigenvalue weighted by Gasteiger charge is -2.03. The van der Waals surface area contributed by atoms with Gasteiger partial charge in [-0.05, 0) is 24.6 Å². The molecule has 0 atom stereocenters. The fourth-order valence-electron chi connectivity index (χ4n) is 2.16. The van der Waals surface area contributed by atoms with E-state index in [1.54, 1.807) is 31.2 Å². The number of aryl methyl sites for hydroxylation is 1. The normalized spacial score (nSPS) is 10.6. The molecule has 0 spiro atoms. The molecule has 0 aromatic heterocycles. The smallest absolute Gasteiger partial charge is 0.338 e. The third-order valence-corrected chi connectivity index (χ3v) is 3.47. The van der Waals surface area contributed by atoms with Crippen LogP contribution in [0, 0.1) is 17.0 Å². The number of nitro benzene ring substituents is 1. The predicted molar refractivity (Wildman–Crippen MR) is 89.0 cm³/mol. The quantitative estimate of drug-likeness (QED) is 0.276. The number of ether oxygens (including phenoxy) is 1. The second-order valence-electron chi connectivity index (χ2n) is 5.03. The third-order valence-electron chi connectivity index (χ3n) is 3.47. The lowest BCUT2D eigenvalue weighted by Crippen LogP contribution is -2.03. The van der Waals surface area contributed by atoms with Crippen molar-refractivity contribution in [3.05, 3.63) is 80.9 Å². The Morgan fingerprint density at radius 1 is 1.17 bits per heavy atom. The first-order valence-corrected chi connectivity index (χ1v) is 7.09. The molecule has 0 amide bonds. The van der Waals surface area contributed by atoms with Gasteiger partial charge in [0.2, 0.25) is 0 Å². The number of benzene rings is 2. The molecule has 0 radical (unpaired) electrons. The molecular formula is C18H15NO5. The van der Waals surface area contributed by atoms with Gasteiger partial charge in [-0.2, -0.15) is 0 Å². The Labute approximate surface area is 138 Å². The largest absolute Gasteiger partial charge is 0.465 e. The molecule has 2 aromatic carbocycles. The summed E-state index contributed by atoms with van der Waals surface area (Å²) < 4.78 is 4.69. The minimum absolute atomic E-state index is 0.107. The SMILES string of the molecule is COC(=O)c1ccccc1/C=C/C(=O)c1ccc(C)c([N+](=O)[O-])c1. The monoisotopic (exact) mass is 325 g/mol. The number of hydrogen-bond acceptors (Lipinski definition) is 5. The molecule has 2 aromatic rings. The molecule has 2 rings (SSSR count). The number of allylic oxidation sites excluding steroid dienone is 1. The molecule has 0 aliphatic heterocycles. The zero-order valence-corrected chi connectivity index (χ0v) is 13.2. The second kappa shape index (κ2) is 7.32. The number of nitrogens with zero attached hydrogens (tertiary/aromatic N) is 1. The van der Waals surface area contributed by atoms with Crippen LogP contribution in [0.3, 0.4) is 0 Å². The Kier molecular flexibility index (Phi) is 5.21. The highest BCUT2D eigenvalue weighted by Gasteiger charge is 2.14. The number of rotatable bonds is 5. The highest BCUT2D eigenvalue weighted by atomic mass is 16.6. The maximum Gasteiger partial charge on any atom is 0.338 e. The summed E-state index contributed by atoms with van der Waals surface area (Å²) in [5.41, 5.74) is 1.44. The molecule has 0 unspecified atom stereocenters. The fourth-order valence-corrected chi connectivity index (χ4v) is 2.16. The molecule has 0 saturated carbocycles. The number of carbonyl (C=O) groups is 2. The number of ketones is 1. The zero-order valence-electron chi connectivity index (χ0n) is 13.2. The van der Waals surface area contributed by atoms with Gasteiger partial charge in [0, 0.05) is 17.2 Å². The summed E-state index contributed by atoms with van der Waals surface area (Å²) in [6.07, 6.45) is 2.76. The van der Waals surface area contributed by atoms with Crippen LogP contribution in [0.5, 0.6) is 0 Å². The predicted octanol–water partition coefficient (Wildman–Crippen LogP) is 3.59. The Balaban J connectivity index is 2.31. The minimum Gasteiger partial charge on any atom is -0.465 e. The summed E-state index contributed by atoms with van der Waals surface area (Å²) in [5.74, 6) is -0.897. The van der Waals surface area contributed by atoms with Crippen LogP contribution >= 0.6 is 0 Å². The molecule has 0 N–H and O–H groups in total. The maximum absolute atomic E-state index is 12.2. The van der Waals surface area contributed by atoms with Crippen molar-refractivity contribution in [2.75, 3.05) is 7.11 Å². The van der Waals surface area contributed by atoms with Crippen molar-refractivity contribution < 1.29 is 19.2 Å². The van der Waals surface area contributed by atoms with Crippen LogP contribution in [0.2, 0.25) is 0 Å². The van der Waals surface area contributed by atoms with Gasteiger partial charge in [-0.1, -0.05) is 36.4 Å². The molecule has 0 heterocycles. The molecular weight excluding hydrogens is 310 g/mol. The first-order chi connectivity index (χ1) is 11.4. The number of esters is 1. The van der Waals surface area contributed by atoms with Gasteiger partial charge in [0.05, 0.1) is 17.6 Å². The van der Waals surface area contributed by atoms with E-state index in [0.29, 0.717) is 16.7 Å². The van der Waals surface area contributed by atoms with E-state index in [-0.39, 0.29) is 11.3 Å². The minimum atomic E-state index is -0.525. The van der Waals surface area contributed by atoms with Gasteiger partial charge in [0.25, 0.3) is 5.69 Å². The first-order valence-electron chi connectivity index (χ1n) is 7.09. The number of hydrogen-bond donors (Lipinski definition) is 0. The Morgan fingerprint density at radius 3 is 2.54 bits per heavy atom. The Bertz CT molecular complexity index is 839. The number of nitro groups is 1. The van der Waals surface area contributed by atoms with Gasteiger partial charge in [0.1, 0.15) is 0 Å². The van der Waals surface area contributed by atoms with Gasteiger partial charge >= 0.3 is 5.97 Å². The molecule has 0 aliphatic rings. The van der Waals surface area contributed by atoms with Crippen LogP contribution < -0.4 is 0 Å². The van der Waals surface area contributed by atoms with E-state index in [9.17, 15) is 19.7 Å². The van der Waals surface area contributed by atoms with Crippen LogP contribution in [0.25, 0.3) is 6.08 Å². The number of methoxy groups -OCH3 is 1. The molecule has 6 nitrogen and oxygen atoms in total. The van der Waals surface area contributed by atoms with E-state index in [2.05, 4.69) is 0 Å². The zero-order chi connectivity index (χ0) is 17.7. The maximum atomic E-state index is 12.2. The average molecular weight is 325 g/mol. The fraction of sp³-hybridized carbons (Fsp3) is 0.111. The molecule has 0 aliphatic carbocycles. The van der Waals surface area contributed by atoms with E-state index in [1.165, 1.54) is 37.5 Å². The van der Waals surface area contributed by atoms with E-state index in [0.717, 1.165) is 0 Å². The highest BCUT2D eigenvalue weighted by molar-refractivity contribution is 6.08. The summed E-state index contributed by atoms with van der Waals surface area (Å²) in [6.45, 7) is 1.61. The van der Waals surface area contributed by atoms with Gasteiger partial charge in [-0.15, -0.1) is 0 Å². The molecule has 0 fully saturated rings. The van der Waals surface area contributed by atoms with Gasteiger partial charge < -0.3 is 4.74 Å². The molecule has 0 bridgehead atoms. The van der Waals surface area contributed by atoms with Gasteiger partial charge in [-0.3, -0.25) is 14.9 Å². The van der Waals surface area contributed by atoms with Crippen molar-refractivity contribution >= 4 is 23.5 Å². The molecule has 122 valence electrons. The summed E-state index contributed by atoms with van der Waals surface area (Å²) >= 11 is 0. The van der Waals surface area contributed by atoms with E-state index >= 15 is 0 Å². The van der Waals surface area contributed by atoms with Gasteiger partial charge in [0.15, 0.2) is 5.78 Å². The first kappa shape index (κ1) is 17.1. The summed E-state index contributed by atoms with van der Waals surface area (Å²) in [4.78, 5) is 34.3. The van der Waals surface area contributed by atoms with E-state index in [1.807, 2.05) is 0 Å². The highest BCUT2D eigenvalue weighted by Crippen LogP contribution is 2.20. The van der Waals surface area contributed by atoms with Crippen LogP contribution in [0.1, 0.15) is 31.8 Å². The average Bonchev–Trinajstić information content (AvgIpc) is 2.59. The summed E-state index contributed by atoms with van der Waals surface area (Å²) in [5, 5.41) is 11.0. The standard InChI is InChI=1S/C18H15NO5/c1-12-7-8-14(11-16(12)19(22)23)17(20)10-9-13-5-3-4-6-15(13)18(21)24-2/h3-11H,1-2H3/b10-9+. The van der Waals surface area contributed by atoms with Crippen molar-refractivity contribution in [3.8, 4) is 0 Å². The van der Waals surface area contributed by atoms with E-state index < -0.39 is 16.7 Å². The van der Waals surface area contributed by atoms with Crippen LogP contribution in [0.4, 0.5) is 5.69 Å². The molecule has 0 saturated heterocycles. The Morgan fingerprint density at radius 2 is 1.88 bits per heavy atom. The Hall–Kier alpha value is -3.28. The van der Waals surface area contributed by atoms with Crippen molar-refractivity contribution in [2.45, 2.75) is 6.92 Å². The van der Waals surface area contributed by atoms with E-state index in [4.69, 9.17) is 4.74 Å². The number of carbonyl (C=O) groups excluding carboxylic acids is 2. The van der Waals surface area contributed by atoms with Crippen molar-refractivity contribution in [1.82, 2.24) is 0 Å². The molecule has 6 heteroatoms.